The van der Waals surface area contributed by atoms with Crippen LogP contribution in [-0.4, -0.2) is 29.9 Å². The van der Waals surface area contributed by atoms with Gasteiger partial charge in [-0.25, -0.2) is 9.69 Å². The van der Waals surface area contributed by atoms with E-state index in [1.165, 1.54) is 25.3 Å². The highest BCUT2D eigenvalue weighted by Gasteiger charge is 2.36. The molecule has 1 heterocycles. The van der Waals surface area contributed by atoms with E-state index in [0.29, 0.717) is 28.3 Å². The van der Waals surface area contributed by atoms with E-state index >= 15 is 0 Å². The van der Waals surface area contributed by atoms with Crippen molar-refractivity contribution in [2.24, 2.45) is 0 Å². The minimum Gasteiger partial charge on any atom is -0.497 e. The fourth-order valence-electron chi connectivity index (χ4n) is 3.39. The second-order valence-corrected chi connectivity index (χ2v) is 7.41. The molecule has 0 atom stereocenters. The van der Waals surface area contributed by atoms with Gasteiger partial charge in [-0.1, -0.05) is 18.2 Å². The van der Waals surface area contributed by atoms with E-state index in [-0.39, 0.29) is 17.9 Å². The number of rotatable bonds is 7. The lowest BCUT2D eigenvalue weighted by atomic mass is 10.1. The molecule has 35 heavy (non-hydrogen) atoms. The lowest BCUT2D eigenvalue weighted by Crippen LogP contribution is -2.54. The summed E-state index contributed by atoms with van der Waals surface area (Å²) >= 11 is 0. The standard InChI is InChI=1S/C25H19N3O7/c1-34-20-12-9-17(22(14-20)35-15-16-7-10-19(11-8-16)28(32)33)13-21-23(29)26-25(31)27(24(21)30)18-5-3-2-4-6-18/h2-14H,15H2,1H3,(H,26,29,31)/b21-13+. The highest BCUT2D eigenvalue weighted by molar-refractivity contribution is 6.39. The van der Waals surface area contributed by atoms with Crippen LogP contribution in [0, 0.1) is 10.1 Å². The number of imide groups is 2. The van der Waals surface area contributed by atoms with Gasteiger partial charge < -0.3 is 9.47 Å². The number of nitro groups is 1. The average Bonchev–Trinajstić information content (AvgIpc) is 2.86. The van der Waals surface area contributed by atoms with E-state index in [4.69, 9.17) is 9.47 Å². The molecule has 1 aliphatic heterocycles. The number of urea groups is 1. The quantitative estimate of drug-likeness (QED) is 0.239. The average molecular weight is 473 g/mol. The number of hydrogen-bond acceptors (Lipinski definition) is 7. The number of carbonyl (C=O) groups is 3. The van der Waals surface area contributed by atoms with Crippen LogP contribution in [0.25, 0.3) is 6.08 Å². The maximum Gasteiger partial charge on any atom is 0.335 e. The summed E-state index contributed by atoms with van der Waals surface area (Å²) in [5.74, 6) is -0.822. The van der Waals surface area contributed by atoms with Crippen molar-refractivity contribution in [3.05, 3.63) is 99.6 Å². The molecule has 176 valence electrons. The first kappa shape index (κ1) is 23.2. The van der Waals surface area contributed by atoms with E-state index in [9.17, 15) is 24.5 Å². The summed E-state index contributed by atoms with van der Waals surface area (Å²) in [5.41, 5.74) is 1.09. The van der Waals surface area contributed by atoms with E-state index in [1.807, 2.05) is 0 Å². The van der Waals surface area contributed by atoms with E-state index in [2.05, 4.69) is 5.32 Å². The number of benzene rings is 3. The predicted octanol–water partition coefficient (Wildman–Crippen LogP) is 3.85. The van der Waals surface area contributed by atoms with Gasteiger partial charge in [-0.15, -0.1) is 0 Å². The number of anilines is 1. The lowest BCUT2D eigenvalue weighted by molar-refractivity contribution is -0.384. The van der Waals surface area contributed by atoms with Crippen LogP contribution in [0.4, 0.5) is 16.2 Å². The Morgan fingerprint density at radius 3 is 2.37 bits per heavy atom. The van der Waals surface area contributed by atoms with Gasteiger partial charge in [0, 0.05) is 23.8 Å². The van der Waals surface area contributed by atoms with Gasteiger partial charge in [-0.05, 0) is 48.0 Å². The van der Waals surface area contributed by atoms with E-state index in [0.717, 1.165) is 4.90 Å². The fourth-order valence-corrected chi connectivity index (χ4v) is 3.39. The zero-order chi connectivity index (χ0) is 24.9. The Bertz CT molecular complexity index is 1330. The van der Waals surface area contributed by atoms with Gasteiger partial charge in [0.1, 0.15) is 23.7 Å². The fraction of sp³-hybridized carbons (Fsp3) is 0.0800. The van der Waals surface area contributed by atoms with Gasteiger partial charge >= 0.3 is 6.03 Å². The van der Waals surface area contributed by atoms with Crippen LogP contribution in [0.1, 0.15) is 11.1 Å². The molecule has 4 rings (SSSR count). The molecule has 1 fully saturated rings. The molecule has 4 amide bonds. The number of nitro benzene ring substituents is 1. The number of para-hydroxylation sites is 1. The number of nitrogens with one attached hydrogen (secondary N) is 1. The van der Waals surface area contributed by atoms with Crippen LogP contribution in [-0.2, 0) is 16.2 Å². The SMILES string of the molecule is COc1ccc(/C=C2\C(=O)NC(=O)N(c3ccccc3)C2=O)c(OCc2ccc([N+](=O)[O-])cc2)c1. The molecule has 0 unspecified atom stereocenters. The van der Waals surface area contributed by atoms with E-state index in [1.54, 1.807) is 60.7 Å². The number of amides is 4. The first-order valence-electron chi connectivity index (χ1n) is 10.4. The molecular weight excluding hydrogens is 454 g/mol. The van der Waals surface area contributed by atoms with Gasteiger partial charge in [0.25, 0.3) is 17.5 Å². The van der Waals surface area contributed by atoms with Crippen molar-refractivity contribution in [2.45, 2.75) is 6.61 Å². The Morgan fingerprint density at radius 1 is 1.00 bits per heavy atom. The Labute approximate surface area is 199 Å². The predicted molar refractivity (Wildman–Crippen MR) is 126 cm³/mol. The zero-order valence-electron chi connectivity index (χ0n) is 18.5. The van der Waals surface area contributed by atoms with Crippen molar-refractivity contribution in [3.8, 4) is 11.5 Å². The molecule has 3 aromatic rings. The molecule has 0 aromatic heterocycles. The van der Waals surface area contributed by atoms with Gasteiger partial charge in [0.05, 0.1) is 17.7 Å². The van der Waals surface area contributed by atoms with E-state index < -0.39 is 22.8 Å². The molecule has 0 radical (unpaired) electrons. The van der Waals surface area contributed by atoms with Crippen molar-refractivity contribution in [2.75, 3.05) is 12.0 Å². The first-order chi connectivity index (χ1) is 16.9. The number of carbonyl (C=O) groups excluding carboxylic acids is 3. The van der Waals surface area contributed by atoms with Crippen molar-refractivity contribution >= 4 is 35.3 Å². The van der Waals surface area contributed by atoms with Gasteiger partial charge in [0.15, 0.2) is 0 Å². The summed E-state index contributed by atoms with van der Waals surface area (Å²) in [5, 5.41) is 13.0. The van der Waals surface area contributed by atoms with Crippen molar-refractivity contribution in [1.82, 2.24) is 5.32 Å². The third-order valence-electron chi connectivity index (χ3n) is 5.18. The Morgan fingerprint density at radius 2 is 1.71 bits per heavy atom. The number of nitrogens with zero attached hydrogens (tertiary/aromatic N) is 2. The van der Waals surface area contributed by atoms with Crippen LogP contribution >= 0.6 is 0 Å². The van der Waals surface area contributed by atoms with Crippen LogP contribution < -0.4 is 19.7 Å². The van der Waals surface area contributed by atoms with Gasteiger partial charge in [-0.3, -0.25) is 25.0 Å². The number of hydrogen-bond donors (Lipinski definition) is 1. The third-order valence-corrected chi connectivity index (χ3v) is 5.18. The molecule has 10 nitrogen and oxygen atoms in total. The van der Waals surface area contributed by atoms with Crippen LogP contribution in [0.3, 0.4) is 0 Å². The molecule has 0 spiro atoms. The number of barbiturate groups is 1. The monoisotopic (exact) mass is 473 g/mol. The summed E-state index contributed by atoms with van der Waals surface area (Å²) in [7, 11) is 1.48. The molecule has 0 bridgehead atoms. The molecule has 10 heteroatoms. The largest absolute Gasteiger partial charge is 0.497 e. The summed E-state index contributed by atoms with van der Waals surface area (Å²) in [4.78, 5) is 49.2. The minimum absolute atomic E-state index is 0.0418. The minimum atomic E-state index is -0.840. The van der Waals surface area contributed by atoms with Crippen molar-refractivity contribution in [1.29, 1.82) is 0 Å². The molecule has 1 N–H and O–H groups in total. The van der Waals surface area contributed by atoms with Crippen LogP contribution in [0.15, 0.2) is 78.4 Å². The molecule has 1 saturated heterocycles. The molecule has 3 aromatic carbocycles. The van der Waals surface area contributed by atoms with Crippen molar-refractivity contribution < 1.29 is 28.8 Å². The third kappa shape index (κ3) is 5.01. The number of ether oxygens (including phenoxy) is 2. The maximum absolute atomic E-state index is 13.1. The Balaban J connectivity index is 1.65. The zero-order valence-corrected chi connectivity index (χ0v) is 18.5. The van der Waals surface area contributed by atoms with Crippen LogP contribution in [0.5, 0.6) is 11.5 Å². The van der Waals surface area contributed by atoms with Gasteiger partial charge in [0.2, 0.25) is 0 Å². The lowest BCUT2D eigenvalue weighted by Gasteiger charge is -2.26. The number of non-ortho nitro benzene ring substituents is 1. The molecule has 0 saturated carbocycles. The second kappa shape index (κ2) is 9.87. The Kier molecular flexibility index (Phi) is 6.54. The highest BCUT2D eigenvalue weighted by Crippen LogP contribution is 2.29. The first-order valence-corrected chi connectivity index (χ1v) is 10.4. The summed E-state index contributed by atoms with van der Waals surface area (Å²) in [6, 6.07) is 18.1. The second-order valence-electron chi connectivity index (χ2n) is 7.41. The summed E-state index contributed by atoms with van der Waals surface area (Å²) < 4.78 is 11.1. The van der Waals surface area contributed by atoms with Gasteiger partial charge in [-0.2, -0.15) is 0 Å². The van der Waals surface area contributed by atoms with Crippen molar-refractivity contribution in [3.63, 3.8) is 0 Å². The maximum atomic E-state index is 13.1. The molecule has 1 aliphatic rings. The van der Waals surface area contributed by atoms with Crippen LogP contribution in [0.2, 0.25) is 0 Å². The smallest absolute Gasteiger partial charge is 0.335 e. The number of methoxy groups -OCH3 is 1. The Hall–Kier alpha value is -4.99. The molecular formula is C25H19N3O7. The summed E-state index contributed by atoms with van der Waals surface area (Å²) in [6.45, 7) is 0.0656. The topological polar surface area (TPSA) is 128 Å². The summed E-state index contributed by atoms with van der Waals surface area (Å²) in [6.07, 6.45) is 1.34. The molecule has 0 aliphatic carbocycles. The highest BCUT2D eigenvalue weighted by atomic mass is 16.6. The normalized spacial score (nSPS) is 14.6.